The van der Waals surface area contributed by atoms with E-state index in [1.165, 1.54) is 0 Å². The molecule has 5 aliphatic heterocycles. The molecule has 29 heavy (non-hydrogen) atoms. The molecule has 0 atom stereocenters. The molecular formula is C24H22N4O. The first-order chi connectivity index (χ1) is 13.8. The zero-order valence-electron chi connectivity index (χ0n) is 16.9. The third-order valence-corrected chi connectivity index (χ3v) is 5.87. The Kier molecular flexibility index (Phi) is 3.65. The lowest BCUT2D eigenvalue weighted by Crippen LogP contribution is -2.18. The summed E-state index contributed by atoms with van der Waals surface area (Å²) < 4.78 is 0. The Morgan fingerprint density at radius 3 is 2.24 bits per heavy atom. The third kappa shape index (κ3) is 2.73. The largest absolute Gasteiger partial charge is 0.509 e. The standard InChI is InChI=1S/C24H22N4O/c1-13-17-7-5-15(25-17)11-21-23(29)24(3,4)22(28-21)12-16-6-8-18(26-16)14(2)20-10-9-19(13)27-20/h5-12,28-29H,1-4H3. The summed E-state index contributed by atoms with van der Waals surface area (Å²) in [4.78, 5) is 14.3. The van der Waals surface area contributed by atoms with Crippen LogP contribution in [0.4, 0.5) is 0 Å². The molecule has 0 radical (unpaired) electrons. The minimum Gasteiger partial charge on any atom is -0.509 e. The van der Waals surface area contributed by atoms with Gasteiger partial charge in [0, 0.05) is 16.8 Å². The number of nitrogens with zero attached hydrogens (tertiary/aromatic N) is 3. The van der Waals surface area contributed by atoms with E-state index in [2.05, 4.69) is 5.32 Å². The Morgan fingerprint density at radius 1 is 0.793 bits per heavy atom. The van der Waals surface area contributed by atoms with Gasteiger partial charge in [-0.3, -0.25) is 0 Å². The van der Waals surface area contributed by atoms with Gasteiger partial charge >= 0.3 is 0 Å². The molecule has 0 unspecified atom stereocenters. The zero-order chi connectivity index (χ0) is 20.3. The molecule has 0 aliphatic carbocycles. The number of aliphatic hydroxyl groups is 1. The Labute approximate surface area is 170 Å². The van der Waals surface area contributed by atoms with E-state index in [-0.39, 0.29) is 0 Å². The van der Waals surface area contributed by atoms with E-state index in [0.29, 0.717) is 11.5 Å². The quantitative estimate of drug-likeness (QED) is 0.635. The molecule has 144 valence electrons. The molecule has 5 heteroatoms. The molecule has 0 aromatic rings. The lowest BCUT2D eigenvalue weighted by Gasteiger charge is -2.19. The van der Waals surface area contributed by atoms with Gasteiger partial charge in [-0.15, -0.1) is 0 Å². The summed E-state index contributed by atoms with van der Waals surface area (Å²) in [5, 5.41) is 14.2. The third-order valence-electron chi connectivity index (χ3n) is 5.87. The van der Waals surface area contributed by atoms with Crippen molar-refractivity contribution in [1.29, 1.82) is 0 Å². The second-order valence-corrected chi connectivity index (χ2v) is 8.19. The molecule has 8 bridgehead atoms. The molecule has 5 nitrogen and oxygen atoms in total. The van der Waals surface area contributed by atoms with Crippen LogP contribution in [0.2, 0.25) is 0 Å². The fourth-order valence-electron chi connectivity index (χ4n) is 3.82. The number of rotatable bonds is 0. The first-order valence-corrected chi connectivity index (χ1v) is 9.70. The molecule has 0 saturated heterocycles. The van der Waals surface area contributed by atoms with Gasteiger partial charge < -0.3 is 10.4 Å². The van der Waals surface area contributed by atoms with Crippen molar-refractivity contribution >= 4 is 17.1 Å². The molecule has 0 amide bonds. The fourth-order valence-corrected chi connectivity index (χ4v) is 3.82. The molecular weight excluding hydrogens is 360 g/mol. The van der Waals surface area contributed by atoms with Crippen molar-refractivity contribution in [2.24, 2.45) is 20.4 Å². The average Bonchev–Trinajstić information content (AvgIpc) is 3.46. The predicted molar refractivity (Wildman–Crippen MR) is 118 cm³/mol. The highest BCUT2D eigenvalue weighted by atomic mass is 16.3. The molecule has 0 saturated carbocycles. The van der Waals surface area contributed by atoms with Gasteiger partial charge in [-0.2, -0.15) is 0 Å². The van der Waals surface area contributed by atoms with Crippen molar-refractivity contribution in [3.8, 4) is 0 Å². The van der Waals surface area contributed by atoms with E-state index in [4.69, 9.17) is 15.0 Å². The van der Waals surface area contributed by atoms with Crippen LogP contribution in [0, 0.1) is 5.41 Å². The van der Waals surface area contributed by atoms with Crippen molar-refractivity contribution in [2.75, 3.05) is 0 Å². The summed E-state index contributed by atoms with van der Waals surface area (Å²) in [7, 11) is 0. The molecule has 0 spiro atoms. The molecule has 5 aliphatic rings. The lowest BCUT2D eigenvalue weighted by molar-refractivity contribution is 0.301. The highest BCUT2D eigenvalue weighted by Crippen LogP contribution is 2.40. The van der Waals surface area contributed by atoms with Crippen LogP contribution in [0.5, 0.6) is 0 Å². The van der Waals surface area contributed by atoms with Crippen LogP contribution in [0.1, 0.15) is 27.7 Å². The molecule has 0 aromatic heterocycles. The van der Waals surface area contributed by atoms with Gasteiger partial charge in [-0.25, -0.2) is 15.0 Å². The lowest BCUT2D eigenvalue weighted by atomic mass is 9.88. The minimum absolute atomic E-state index is 0.301. The predicted octanol–water partition coefficient (Wildman–Crippen LogP) is 4.75. The van der Waals surface area contributed by atoms with Gasteiger partial charge in [0.1, 0.15) is 5.76 Å². The van der Waals surface area contributed by atoms with E-state index in [0.717, 1.165) is 51.1 Å². The number of aliphatic hydroxyl groups excluding tert-OH is 1. The molecule has 0 fully saturated rings. The zero-order valence-corrected chi connectivity index (χ0v) is 16.9. The molecule has 0 aromatic carbocycles. The van der Waals surface area contributed by atoms with Gasteiger partial charge in [0.2, 0.25) is 0 Å². The van der Waals surface area contributed by atoms with Crippen molar-refractivity contribution in [3.63, 3.8) is 0 Å². The van der Waals surface area contributed by atoms with E-state index in [9.17, 15) is 5.11 Å². The smallest absolute Gasteiger partial charge is 0.127 e. The van der Waals surface area contributed by atoms with Crippen molar-refractivity contribution in [3.05, 3.63) is 94.0 Å². The van der Waals surface area contributed by atoms with Crippen molar-refractivity contribution < 1.29 is 5.11 Å². The highest BCUT2D eigenvalue weighted by molar-refractivity contribution is 6.16. The van der Waals surface area contributed by atoms with Crippen LogP contribution in [-0.4, -0.2) is 22.2 Å². The first-order valence-electron chi connectivity index (χ1n) is 9.70. The van der Waals surface area contributed by atoms with Gasteiger partial charge in [0.15, 0.2) is 0 Å². The number of aliphatic imine (C=N–C) groups is 3. The number of fused-ring (bicyclic) bond motifs is 5. The minimum atomic E-state index is -0.531. The molecule has 5 heterocycles. The first kappa shape index (κ1) is 17.6. The van der Waals surface area contributed by atoms with Crippen LogP contribution in [0.25, 0.3) is 0 Å². The summed E-state index contributed by atoms with van der Waals surface area (Å²) in [5.41, 5.74) is 8.34. The van der Waals surface area contributed by atoms with Gasteiger partial charge in [0.25, 0.3) is 0 Å². The molecule has 2 N–H and O–H groups in total. The van der Waals surface area contributed by atoms with Crippen LogP contribution in [-0.2, 0) is 0 Å². The Hall–Kier alpha value is -3.47. The van der Waals surface area contributed by atoms with Crippen molar-refractivity contribution in [2.45, 2.75) is 27.7 Å². The summed E-state index contributed by atoms with van der Waals surface area (Å²) in [6.45, 7) is 8.06. The number of hydrogen-bond acceptors (Lipinski definition) is 5. The van der Waals surface area contributed by atoms with E-state index >= 15 is 0 Å². The van der Waals surface area contributed by atoms with Gasteiger partial charge in [-0.1, -0.05) is 0 Å². The normalized spacial score (nSPS) is 24.1. The number of nitrogens with one attached hydrogen (secondary N) is 1. The maximum Gasteiger partial charge on any atom is 0.127 e. The number of allylic oxidation sites excluding steroid dienone is 10. The van der Waals surface area contributed by atoms with Crippen LogP contribution >= 0.6 is 0 Å². The summed E-state index contributed by atoms with van der Waals surface area (Å²) in [6, 6.07) is 0. The summed E-state index contributed by atoms with van der Waals surface area (Å²) in [5.74, 6) is 0.301. The van der Waals surface area contributed by atoms with Gasteiger partial charge in [-0.05, 0) is 76.3 Å². The van der Waals surface area contributed by atoms with Crippen LogP contribution in [0.3, 0.4) is 0 Å². The average molecular weight is 382 g/mol. The Morgan fingerprint density at radius 2 is 1.45 bits per heavy atom. The van der Waals surface area contributed by atoms with E-state index in [1.807, 2.05) is 76.3 Å². The molecule has 5 rings (SSSR count). The second-order valence-electron chi connectivity index (χ2n) is 8.19. The van der Waals surface area contributed by atoms with Crippen LogP contribution in [0.15, 0.2) is 109 Å². The Balaban J connectivity index is 1.73. The van der Waals surface area contributed by atoms with Crippen LogP contribution < -0.4 is 5.32 Å². The topological polar surface area (TPSA) is 69.3 Å². The maximum absolute atomic E-state index is 10.8. The fraction of sp³-hybridized carbons (Fsp3) is 0.208. The number of hydrogen-bond donors (Lipinski definition) is 2. The SMILES string of the molecule is CC1=C2C=CC(=N2)C=C2NC(=C(O)C2(C)C)C=C2C=CC(=N2)C(C)=C2C=CC1=N2. The second kappa shape index (κ2) is 6.01. The summed E-state index contributed by atoms with van der Waals surface area (Å²) >= 11 is 0. The summed E-state index contributed by atoms with van der Waals surface area (Å²) in [6.07, 6.45) is 15.9. The maximum atomic E-state index is 10.8. The van der Waals surface area contributed by atoms with E-state index < -0.39 is 5.41 Å². The van der Waals surface area contributed by atoms with Gasteiger partial charge in [0.05, 0.1) is 45.3 Å². The monoisotopic (exact) mass is 382 g/mol. The Bertz CT molecular complexity index is 1200. The highest BCUT2D eigenvalue weighted by Gasteiger charge is 2.37. The van der Waals surface area contributed by atoms with Crippen molar-refractivity contribution in [1.82, 2.24) is 5.32 Å². The van der Waals surface area contributed by atoms with E-state index in [1.54, 1.807) is 0 Å².